The first-order valence-corrected chi connectivity index (χ1v) is 9.63. The molecule has 0 saturated carbocycles. The van der Waals surface area contributed by atoms with Crippen molar-refractivity contribution >= 4 is 28.3 Å². The van der Waals surface area contributed by atoms with Crippen LogP contribution in [0.25, 0.3) is 10.8 Å². The van der Waals surface area contributed by atoms with E-state index in [4.69, 9.17) is 14.2 Å². The Morgan fingerprint density at radius 1 is 1.00 bits per heavy atom. The number of rotatable bonds is 9. The van der Waals surface area contributed by atoms with Crippen LogP contribution in [0.4, 0.5) is 16.3 Å². The van der Waals surface area contributed by atoms with E-state index >= 15 is 0 Å². The summed E-state index contributed by atoms with van der Waals surface area (Å²) in [5.41, 5.74) is 0.278. The van der Waals surface area contributed by atoms with E-state index in [-0.39, 0.29) is 11.6 Å². The number of urea groups is 1. The summed E-state index contributed by atoms with van der Waals surface area (Å²) in [4.78, 5) is 24.0. The van der Waals surface area contributed by atoms with Gasteiger partial charge in [0.1, 0.15) is 0 Å². The highest BCUT2D eigenvalue weighted by Gasteiger charge is 2.14. The van der Waals surface area contributed by atoms with Crippen molar-refractivity contribution in [1.29, 1.82) is 0 Å². The summed E-state index contributed by atoms with van der Waals surface area (Å²) in [7, 11) is 4.53. The second-order valence-corrected chi connectivity index (χ2v) is 6.52. The Hall–Kier alpha value is -3.95. The van der Waals surface area contributed by atoms with E-state index in [1.54, 1.807) is 24.3 Å². The molecule has 0 aliphatic heterocycles. The van der Waals surface area contributed by atoms with Crippen molar-refractivity contribution in [2.45, 2.75) is 6.42 Å². The van der Waals surface area contributed by atoms with Crippen LogP contribution in [0.5, 0.6) is 17.2 Å². The lowest BCUT2D eigenvalue weighted by Gasteiger charge is -2.15. The van der Waals surface area contributed by atoms with Crippen LogP contribution in [0.3, 0.4) is 0 Å². The van der Waals surface area contributed by atoms with Crippen molar-refractivity contribution in [2.24, 2.45) is 0 Å². The van der Waals surface area contributed by atoms with Gasteiger partial charge in [0.2, 0.25) is 5.75 Å². The fourth-order valence-electron chi connectivity index (χ4n) is 3.08. The topological polar surface area (TPSA) is 127 Å². The number of nitrogens with one attached hydrogen (secondary N) is 4. The summed E-state index contributed by atoms with van der Waals surface area (Å²) in [6.07, 6.45) is 0.651. The van der Waals surface area contributed by atoms with Crippen molar-refractivity contribution in [3.8, 4) is 17.2 Å². The molecule has 164 valence electrons. The number of methoxy groups -OCH3 is 3. The highest BCUT2D eigenvalue weighted by Crippen LogP contribution is 2.39. The zero-order valence-corrected chi connectivity index (χ0v) is 17.6. The molecule has 0 spiro atoms. The average molecular weight is 427 g/mol. The molecule has 0 fully saturated rings. The highest BCUT2D eigenvalue weighted by molar-refractivity contribution is 5.91. The predicted octanol–water partition coefficient (Wildman–Crippen LogP) is 2.57. The van der Waals surface area contributed by atoms with Gasteiger partial charge in [-0.05, 0) is 12.5 Å². The quantitative estimate of drug-likeness (QED) is 0.387. The van der Waals surface area contributed by atoms with E-state index in [2.05, 4.69) is 26.1 Å². The Balaban J connectivity index is 1.50. The van der Waals surface area contributed by atoms with E-state index in [1.165, 1.54) is 21.3 Å². The van der Waals surface area contributed by atoms with E-state index < -0.39 is 0 Å². The molecule has 0 radical (unpaired) electrons. The van der Waals surface area contributed by atoms with Crippen molar-refractivity contribution in [3.63, 3.8) is 0 Å². The zero-order chi connectivity index (χ0) is 22.2. The summed E-state index contributed by atoms with van der Waals surface area (Å²) in [6.45, 7) is 0.998. The molecule has 1 aromatic heterocycles. The van der Waals surface area contributed by atoms with Crippen LogP contribution in [-0.2, 0) is 0 Å². The number of ether oxygens (including phenoxy) is 3. The number of anilines is 2. The van der Waals surface area contributed by atoms with Gasteiger partial charge in [0.15, 0.2) is 17.3 Å². The molecule has 0 aliphatic rings. The normalized spacial score (nSPS) is 10.4. The Labute approximate surface area is 178 Å². The molecular weight excluding hydrogens is 402 g/mol. The zero-order valence-electron chi connectivity index (χ0n) is 17.6. The number of aromatic nitrogens is 2. The number of fused-ring (bicyclic) bond motifs is 1. The van der Waals surface area contributed by atoms with Crippen molar-refractivity contribution in [1.82, 2.24) is 15.5 Å². The molecule has 0 saturated heterocycles. The van der Waals surface area contributed by atoms with E-state index in [9.17, 15) is 9.59 Å². The van der Waals surface area contributed by atoms with Crippen LogP contribution in [-0.4, -0.2) is 50.6 Å². The van der Waals surface area contributed by atoms with Crippen LogP contribution >= 0.6 is 0 Å². The Bertz CT molecular complexity index is 1090. The first-order valence-electron chi connectivity index (χ1n) is 9.63. The summed E-state index contributed by atoms with van der Waals surface area (Å²) < 4.78 is 15.8. The maximum atomic E-state index is 12.2. The molecular formula is C21H25N5O5. The third-order valence-corrected chi connectivity index (χ3v) is 4.55. The smallest absolute Gasteiger partial charge is 0.319 e. The third kappa shape index (κ3) is 5.16. The standard InChI is InChI=1S/C21H25N5O5/c1-29-16-11-13(12-17(30-2)18(16)31-3)24-21(28)23-10-6-9-22-19-14-7-4-5-8-15(14)20(27)26-25-19/h4-5,7-8,11-12H,6,9-10H2,1-3H3,(H,22,25)(H,26,27)(H2,23,24,28). The minimum absolute atomic E-state index is 0.230. The van der Waals surface area contributed by atoms with Gasteiger partial charge in [-0.3, -0.25) is 4.79 Å². The van der Waals surface area contributed by atoms with Gasteiger partial charge in [0, 0.05) is 30.6 Å². The Kier molecular flexibility index (Phi) is 7.15. The van der Waals surface area contributed by atoms with Crippen molar-refractivity contribution in [2.75, 3.05) is 45.1 Å². The van der Waals surface area contributed by atoms with Gasteiger partial charge in [-0.1, -0.05) is 18.2 Å². The van der Waals surface area contributed by atoms with Gasteiger partial charge in [0.05, 0.1) is 32.4 Å². The number of carbonyl (C=O) groups is 1. The number of nitrogens with zero attached hydrogens (tertiary/aromatic N) is 1. The maximum absolute atomic E-state index is 12.2. The molecule has 31 heavy (non-hydrogen) atoms. The molecule has 2 amide bonds. The maximum Gasteiger partial charge on any atom is 0.319 e. The molecule has 10 heteroatoms. The number of carbonyl (C=O) groups excluding carboxylic acids is 1. The van der Waals surface area contributed by atoms with E-state index in [0.29, 0.717) is 53.7 Å². The lowest BCUT2D eigenvalue weighted by Crippen LogP contribution is -2.30. The van der Waals surface area contributed by atoms with Crippen LogP contribution in [0.15, 0.2) is 41.2 Å². The molecule has 3 rings (SSSR count). The number of aromatic amines is 1. The second-order valence-electron chi connectivity index (χ2n) is 6.52. The number of H-pyrrole nitrogens is 1. The molecule has 0 unspecified atom stereocenters. The van der Waals surface area contributed by atoms with Gasteiger partial charge >= 0.3 is 6.03 Å². The van der Waals surface area contributed by atoms with Crippen molar-refractivity contribution < 1.29 is 19.0 Å². The fourth-order valence-corrected chi connectivity index (χ4v) is 3.08. The molecule has 4 N–H and O–H groups in total. The largest absolute Gasteiger partial charge is 0.493 e. The van der Waals surface area contributed by atoms with Gasteiger partial charge in [0.25, 0.3) is 5.56 Å². The Morgan fingerprint density at radius 2 is 1.68 bits per heavy atom. The first kappa shape index (κ1) is 21.8. The van der Waals surface area contributed by atoms with Crippen LogP contribution in [0.2, 0.25) is 0 Å². The van der Waals surface area contributed by atoms with Crippen LogP contribution in [0, 0.1) is 0 Å². The average Bonchev–Trinajstić information content (AvgIpc) is 2.79. The molecule has 2 aromatic carbocycles. The summed E-state index contributed by atoms with van der Waals surface area (Å²) in [6, 6.07) is 10.2. The predicted molar refractivity (Wildman–Crippen MR) is 119 cm³/mol. The number of benzene rings is 2. The van der Waals surface area contributed by atoms with Gasteiger partial charge in [-0.2, -0.15) is 5.10 Å². The first-order chi connectivity index (χ1) is 15.1. The molecule has 0 atom stereocenters. The van der Waals surface area contributed by atoms with Gasteiger partial charge < -0.3 is 30.2 Å². The monoisotopic (exact) mass is 427 g/mol. The third-order valence-electron chi connectivity index (χ3n) is 4.55. The van der Waals surface area contributed by atoms with Gasteiger partial charge in [-0.25, -0.2) is 9.89 Å². The summed E-state index contributed by atoms with van der Waals surface area (Å²) >= 11 is 0. The summed E-state index contributed by atoms with van der Waals surface area (Å²) in [5.74, 6) is 1.94. The van der Waals surface area contributed by atoms with Crippen LogP contribution in [0.1, 0.15) is 6.42 Å². The minimum atomic E-state index is -0.359. The number of hydrogen-bond donors (Lipinski definition) is 4. The molecule has 1 heterocycles. The summed E-state index contributed by atoms with van der Waals surface area (Å²) in [5, 5.41) is 16.6. The minimum Gasteiger partial charge on any atom is -0.493 e. The van der Waals surface area contributed by atoms with Gasteiger partial charge in [-0.15, -0.1) is 0 Å². The molecule has 10 nitrogen and oxygen atoms in total. The fraction of sp³-hybridized carbons (Fsp3) is 0.286. The molecule has 0 aliphatic carbocycles. The number of hydrogen-bond acceptors (Lipinski definition) is 7. The second kappa shape index (κ2) is 10.2. The number of amides is 2. The lowest BCUT2D eigenvalue weighted by molar-refractivity contribution is 0.252. The highest BCUT2D eigenvalue weighted by atomic mass is 16.5. The SMILES string of the molecule is COc1cc(NC(=O)NCCCNc2n[nH]c(=O)c3ccccc23)cc(OC)c1OC. The lowest BCUT2D eigenvalue weighted by atomic mass is 10.2. The molecule has 3 aromatic rings. The van der Waals surface area contributed by atoms with Crippen molar-refractivity contribution in [3.05, 3.63) is 46.8 Å². The van der Waals surface area contributed by atoms with E-state index in [0.717, 1.165) is 5.39 Å². The van der Waals surface area contributed by atoms with E-state index in [1.807, 2.05) is 12.1 Å². The Morgan fingerprint density at radius 3 is 2.32 bits per heavy atom. The van der Waals surface area contributed by atoms with Crippen LogP contribution < -0.4 is 35.7 Å². The molecule has 0 bridgehead atoms.